The van der Waals surface area contributed by atoms with E-state index in [1.807, 2.05) is 24.3 Å². The first-order chi connectivity index (χ1) is 10.4. The molecule has 0 heterocycles. The second-order valence-corrected chi connectivity index (χ2v) is 6.78. The van der Waals surface area contributed by atoms with Crippen LogP contribution in [0.3, 0.4) is 0 Å². The summed E-state index contributed by atoms with van der Waals surface area (Å²) in [7, 11) is -1.66. The van der Waals surface area contributed by atoms with Crippen molar-refractivity contribution in [2.24, 2.45) is 0 Å². The Bertz CT molecular complexity index is 786. The van der Waals surface area contributed by atoms with E-state index in [0.29, 0.717) is 5.56 Å². The molecule has 2 aromatic rings. The number of rotatable bonds is 5. The molecule has 2 aromatic carbocycles. The van der Waals surface area contributed by atoms with Gasteiger partial charge in [0.05, 0.1) is 12.0 Å². The van der Waals surface area contributed by atoms with Gasteiger partial charge in [-0.2, -0.15) is 0 Å². The Balaban J connectivity index is 2.12. The summed E-state index contributed by atoms with van der Waals surface area (Å²) in [6, 6.07) is 13.2. The predicted molar refractivity (Wildman–Crippen MR) is 85.9 cm³/mol. The smallest absolute Gasteiger partial charge is 0.185 e. The number of carbonyl (C=O) groups is 1. The third-order valence-electron chi connectivity index (χ3n) is 3.11. The fourth-order valence-electron chi connectivity index (χ4n) is 1.85. The van der Waals surface area contributed by atoms with Crippen molar-refractivity contribution in [1.82, 2.24) is 0 Å². The van der Waals surface area contributed by atoms with Crippen molar-refractivity contribution in [2.45, 2.75) is 4.90 Å². The van der Waals surface area contributed by atoms with Crippen molar-refractivity contribution in [1.29, 1.82) is 0 Å². The summed E-state index contributed by atoms with van der Waals surface area (Å²) in [5.74, 6) is 0.565. The molecule has 0 aromatic heterocycles. The zero-order valence-electron chi connectivity index (χ0n) is 12.3. The highest BCUT2D eigenvalue weighted by Gasteiger charge is 2.08. The van der Waals surface area contributed by atoms with Crippen molar-refractivity contribution in [2.75, 3.05) is 13.4 Å². The van der Waals surface area contributed by atoms with Crippen LogP contribution in [0.5, 0.6) is 5.75 Å². The van der Waals surface area contributed by atoms with Crippen LogP contribution in [0.15, 0.2) is 59.5 Å². The van der Waals surface area contributed by atoms with E-state index in [-0.39, 0.29) is 10.7 Å². The van der Waals surface area contributed by atoms with Crippen LogP contribution >= 0.6 is 0 Å². The van der Waals surface area contributed by atoms with Gasteiger partial charge in [0.25, 0.3) is 0 Å². The van der Waals surface area contributed by atoms with Gasteiger partial charge >= 0.3 is 0 Å². The summed E-state index contributed by atoms with van der Waals surface area (Å²) in [6.07, 6.45) is 4.29. The average molecular weight is 316 g/mol. The molecule has 22 heavy (non-hydrogen) atoms. The fourth-order valence-corrected chi connectivity index (χ4v) is 2.48. The third-order valence-corrected chi connectivity index (χ3v) is 4.24. The monoisotopic (exact) mass is 316 g/mol. The van der Waals surface area contributed by atoms with E-state index in [2.05, 4.69) is 0 Å². The number of sulfone groups is 1. The van der Waals surface area contributed by atoms with Gasteiger partial charge in [-0.3, -0.25) is 4.79 Å². The number of benzene rings is 2. The quantitative estimate of drug-likeness (QED) is 0.628. The maximum atomic E-state index is 12.0. The molecule has 114 valence electrons. The Morgan fingerprint density at radius 1 is 1.00 bits per heavy atom. The molecule has 0 N–H and O–H groups in total. The van der Waals surface area contributed by atoms with Crippen LogP contribution in [0.25, 0.3) is 6.08 Å². The first kappa shape index (κ1) is 16.0. The molecular formula is C17H16O4S. The van der Waals surface area contributed by atoms with E-state index in [0.717, 1.165) is 17.6 Å². The normalized spacial score (nSPS) is 11.5. The van der Waals surface area contributed by atoms with Gasteiger partial charge in [0.2, 0.25) is 0 Å². The zero-order chi connectivity index (χ0) is 16.2. The van der Waals surface area contributed by atoms with E-state index in [1.165, 1.54) is 30.3 Å². The molecule has 0 atom stereocenters. The second kappa shape index (κ2) is 6.58. The highest BCUT2D eigenvalue weighted by Crippen LogP contribution is 2.14. The highest BCUT2D eigenvalue weighted by atomic mass is 32.2. The summed E-state index contributed by atoms with van der Waals surface area (Å²) < 4.78 is 27.8. The van der Waals surface area contributed by atoms with Crippen LogP contribution in [-0.2, 0) is 9.84 Å². The van der Waals surface area contributed by atoms with Gasteiger partial charge in [0.1, 0.15) is 5.75 Å². The van der Waals surface area contributed by atoms with Gasteiger partial charge in [-0.25, -0.2) is 8.42 Å². The molecule has 4 nitrogen and oxygen atoms in total. The molecule has 5 heteroatoms. The molecule has 0 amide bonds. The number of ketones is 1. The van der Waals surface area contributed by atoms with Gasteiger partial charge in [-0.15, -0.1) is 0 Å². The standard InChI is InChI=1S/C17H16O4S/c1-21-15-8-3-13(4-9-15)5-12-17(18)14-6-10-16(11-7-14)22(2,19)20/h3-12H,1-2H3/b12-5+. The molecule has 0 saturated heterocycles. The lowest BCUT2D eigenvalue weighted by molar-refractivity contribution is 0.104. The number of hydrogen-bond donors (Lipinski definition) is 0. The maximum absolute atomic E-state index is 12.0. The molecule has 0 fully saturated rings. The third kappa shape index (κ3) is 4.05. The molecule has 0 bridgehead atoms. The van der Waals surface area contributed by atoms with E-state index in [4.69, 9.17) is 4.74 Å². The Morgan fingerprint density at radius 2 is 1.59 bits per heavy atom. The fraction of sp³-hybridized carbons (Fsp3) is 0.118. The Kier molecular flexibility index (Phi) is 4.78. The first-order valence-electron chi connectivity index (χ1n) is 6.57. The number of carbonyl (C=O) groups excluding carboxylic acids is 1. The molecule has 0 aliphatic rings. The molecule has 0 spiro atoms. The molecule has 0 aliphatic heterocycles. The van der Waals surface area contributed by atoms with E-state index in [9.17, 15) is 13.2 Å². The van der Waals surface area contributed by atoms with Crippen molar-refractivity contribution >= 4 is 21.7 Å². The lowest BCUT2D eigenvalue weighted by atomic mass is 10.1. The number of hydrogen-bond acceptors (Lipinski definition) is 4. The first-order valence-corrected chi connectivity index (χ1v) is 8.46. The molecule has 0 aliphatic carbocycles. The molecule has 0 saturated carbocycles. The minimum atomic E-state index is -3.25. The lowest BCUT2D eigenvalue weighted by Crippen LogP contribution is -1.99. The van der Waals surface area contributed by atoms with Crippen LogP contribution in [0, 0.1) is 0 Å². The van der Waals surface area contributed by atoms with Gasteiger partial charge in [-0.1, -0.05) is 18.2 Å². The van der Waals surface area contributed by atoms with Crippen molar-refractivity contribution in [3.8, 4) is 5.75 Å². The molecule has 2 rings (SSSR count). The van der Waals surface area contributed by atoms with Gasteiger partial charge < -0.3 is 4.74 Å². The summed E-state index contributed by atoms with van der Waals surface area (Å²) in [5.41, 5.74) is 1.32. The SMILES string of the molecule is COc1ccc(/C=C/C(=O)c2ccc(S(C)(=O)=O)cc2)cc1. The van der Waals surface area contributed by atoms with E-state index < -0.39 is 9.84 Å². The summed E-state index contributed by atoms with van der Waals surface area (Å²) in [5, 5.41) is 0. The Morgan fingerprint density at radius 3 is 2.09 bits per heavy atom. The van der Waals surface area contributed by atoms with Gasteiger partial charge in [0, 0.05) is 11.8 Å². The number of allylic oxidation sites excluding steroid dienone is 1. The van der Waals surface area contributed by atoms with Crippen molar-refractivity contribution in [3.05, 3.63) is 65.7 Å². The van der Waals surface area contributed by atoms with E-state index >= 15 is 0 Å². The lowest BCUT2D eigenvalue weighted by Gasteiger charge is -2.00. The maximum Gasteiger partial charge on any atom is 0.185 e. The number of ether oxygens (including phenoxy) is 1. The van der Waals surface area contributed by atoms with Crippen LogP contribution < -0.4 is 4.74 Å². The van der Waals surface area contributed by atoms with Crippen LogP contribution in [-0.4, -0.2) is 27.6 Å². The second-order valence-electron chi connectivity index (χ2n) is 4.77. The zero-order valence-corrected chi connectivity index (χ0v) is 13.1. The molecule has 0 unspecified atom stereocenters. The summed E-state index contributed by atoms with van der Waals surface area (Å²) in [4.78, 5) is 12.2. The Labute approximate surface area is 130 Å². The average Bonchev–Trinajstić information content (AvgIpc) is 2.52. The minimum absolute atomic E-state index is 0.184. The number of methoxy groups -OCH3 is 1. The molecular weight excluding hydrogens is 300 g/mol. The van der Waals surface area contributed by atoms with Crippen molar-refractivity contribution in [3.63, 3.8) is 0 Å². The topological polar surface area (TPSA) is 60.4 Å². The summed E-state index contributed by atoms with van der Waals surface area (Å²) >= 11 is 0. The minimum Gasteiger partial charge on any atom is -0.497 e. The van der Waals surface area contributed by atoms with Crippen molar-refractivity contribution < 1.29 is 17.9 Å². The van der Waals surface area contributed by atoms with Gasteiger partial charge in [0.15, 0.2) is 15.6 Å². The molecule has 0 radical (unpaired) electrons. The highest BCUT2D eigenvalue weighted by molar-refractivity contribution is 7.90. The van der Waals surface area contributed by atoms with E-state index in [1.54, 1.807) is 13.2 Å². The Hall–Kier alpha value is -2.40. The van der Waals surface area contributed by atoms with Crippen LogP contribution in [0.2, 0.25) is 0 Å². The predicted octanol–water partition coefficient (Wildman–Crippen LogP) is 2.99. The summed E-state index contributed by atoms with van der Waals surface area (Å²) in [6.45, 7) is 0. The van der Waals surface area contributed by atoms with Gasteiger partial charge in [-0.05, 0) is 48.0 Å². The van der Waals surface area contributed by atoms with Crippen LogP contribution in [0.1, 0.15) is 15.9 Å². The largest absolute Gasteiger partial charge is 0.497 e. The van der Waals surface area contributed by atoms with Crippen LogP contribution in [0.4, 0.5) is 0 Å².